The molecular weight excluding hydrogens is 466 g/mol. The highest BCUT2D eigenvalue weighted by molar-refractivity contribution is 5.55. The van der Waals surface area contributed by atoms with Crippen molar-refractivity contribution in [2.45, 2.75) is 50.1 Å². The second kappa shape index (κ2) is 9.64. The van der Waals surface area contributed by atoms with E-state index in [-0.39, 0.29) is 0 Å². The molecule has 194 valence electrons. The molecule has 3 aliphatic heterocycles. The van der Waals surface area contributed by atoms with Gasteiger partial charge in [-0.3, -0.25) is 4.98 Å². The Hall–Kier alpha value is -3.11. The van der Waals surface area contributed by atoms with Gasteiger partial charge in [-0.1, -0.05) is 11.3 Å². The molecule has 1 N–H and O–H groups in total. The Morgan fingerprint density at radius 1 is 0.919 bits per heavy atom. The van der Waals surface area contributed by atoms with Gasteiger partial charge >= 0.3 is 0 Å². The third kappa shape index (κ3) is 4.57. The lowest BCUT2D eigenvalue weighted by molar-refractivity contribution is -0.0831. The number of piperidine rings is 1. The average molecular weight is 502 g/mol. The molecule has 6 heterocycles. The minimum Gasteiger partial charge on any atom is -0.375 e. The number of nitrogens with one attached hydrogen (secondary N) is 1. The number of rotatable bonds is 8. The van der Waals surface area contributed by atoms with Crippen molar-refractivity contribution in [3.63, 3.8) is 0 Å². The van der Waals surface area contributed by atoms with Crippen LogP contribution < -0.4 is 15.1 Å². The van der Waals surface area contributed by atoms with Crippen LogP contribution in [0.4, 0.5) is 11.6 Å². The molecule has 0 spiro atoms. The van der Waals surface area contributed by atoms with E-state index in [1.54, 1.807) is 6.20 Å². The van der Waals surface area contributed by atoms with Crippen LogP contribution in [0.15, 0.2) is 36.9 Å². The van der Waals surface area contributed by atoms with Gasteiger partial charge in [0.15, 0.2) is 0 Å². The van der Waals surface area contributed by atoms with E-state index in [4.69, 9.17) is 14.7 Å². The molecule has 4 aliphatic rings. The second-order valence-electron chi connectivity index (χ2n) is 11.1. The normalized spacial score (nSPS) is 23.3. The molecule has 0 aromatic carbocycles. The SMILES string of the molecule is c1cc(N2CCC[C@@H](NCC3CC3)C2)ncc1C1(n2cc(-c3cncc(N4CCCC4)n3)nn2)COC1. The van der Waals surface area contributed by atoms with Gasteiger partial charge in [0, 0.05) is 44.0 Å². The lowest BCUT2D eigenvalue weighted by Crippen LogP contribution is -2.53. The predicted octanol–water partition coefficient (Wildman–Crippen LogP) is 2.47. The van der Waals surface area contributed by atoms with Gasteiger partial charge in [-0.25, -0.2) is 14.6 Å². The summed E-state index contributed by atoms with van der Waals surface area (Å²) >= 11 is 0. The maximum Gasteiger partial charge on any atom is 0.147 e. The Kier molecular flexibility index (Phi) is 6.01. The van der Waals surface area contributed by atoms with Crippen LogP contribution in [0.25, 0.3) is 11.4 Å². The number of aromatic nitrogens is 6. The molecule has 0 amide bonds. The van der Waals surface area contributed by atoms with E-state index in [9.17, 15) is 0 Å². The number of hydrogen-bond acceptors (Lipinski definition) is 9. The lowest BCUT2D eigenvalue weighted by Gasteiger charge is -2.41. The van der Waals surface area contributed by atoms with Gasteiger partial charge in [0.25, 0.3) is 0 Å². The summed E-state index contributed by atoms with van der Waals surface area (Å²) in [7, 11) is 0. The van der Waals surface area contributed by atoms with Crippen LogP contribution in [-0.4, -0.2) is 81.9 Å². The Morgan fingerprint density at radius 3 is 2.54 bits per heavy atom. The Bertz CT molecular complexity index is 1210. The number of anilines is 2. The van der Waals surface area contributed by atoms with Crippen molar-refractivity contribution in [3.8, 4) is 11.4 Å². The molecule has 1 aliphatic carbocycles. The first-order valence-electron chi connectivity index (χ1n) is 13.8. The van der Waals surface area contributed by atoms with E-state index in [0.29, 0.717) is 19.3 Å². The first-order chi connectivity index (χ1) is 18.3. The van der Waals surface area contributed by atoms with Crippen LogP contribution in [0.5, 0.6) is 0 Å². The number of hydrogen-bond donors (Lipinski definition) is 1. The molecule has 3 saturated heterocycles. The maximum atomic E-state index is 5.69. The smallest absolute Gasteiger partial charge is 0.147 e. The van der Waals surface area contributed by atoms with Crippen molar-refractivity contribution >= 4 is 11.6 Å². The highest BCUT2D eigenvalue weighted by Gasteiger charge is 2.44. The van der Waals surface area contributed by atoms with Crippen molar-refractivity contribution in [2.75, 3.05) is 55.7 Å². The number of ether oxygens (including phenoxy) is 1. The first kappa shape index (κ1) is 23.0. The summed E-state index contributed by atoms with van der Waals surface area (Å²) in [5.41, 5.74) is 2.17. The lowest BCUT2D eigenvalue weighted by atomic mass is 9.89. The molecule has 0 bridgehead atoms. The zero-order valence-electron chi connectivity index (χ0n) is 21.3. The quantitative estimate of drug-likeness (QED) is 0.499. The van der Waals surface area contributed by atoms with E-state index in [1.807, 2.05) is 23.3 Å². The van der Waals surface area contributed by atoms with E-state index in [2.05, 4.69) is 42.5 Å². The third-order valence-electron chi connectivity index (χ3n) is 8.35. The predicted molar refractivity (Wildman–Crippen MR) is 141 cm³/mol. The van der Waals surface area contributed by atoms with Crippen LogP contribution >= 0.6 is 0 Å². The fourth-order valence-corrected chi connectivity index (χ4v) is 5.75. The maximum absolute atomic E-state index is 5.69. The zero-order valence-corrected chi connectivity index (χ0v) is 21.3. The molecule has 7 rings (SSSR count). The van der Waals surface area contributed by atoms with Gasteiger partial charge in [-0.2, -0.15) is 0 Å². The number of nitrogens with zero attached hydrogens (tertiary/aromatic N) is 8. The van der Waals surface area contributed by atoms with Gasteiger partial charge in [0.1, 0.15) is 28.6 Å². The highest BCUT2D eigenvalue weighted by atomic mass is 16.5. The highest BCUT2D eigenvalue weighted by Crippen LogP contribution is 2.35. The van der Waals surface area contributed by atoms with Crippen LogP contribution in [0, 0.1) is 5.92 Å². The summed E-state index contributed by atoms with van der Waals surface area (Å²) < 4.78 is 7.61. The van der Waals surface area contributed by atoms with E-state index in [0.717, 1.165) is 60.7 Å². The summed E-state index contributed by atoms with van der Waals surface area (Å²) in [5, 5.41) is 12.7. The molecule has 3 aromatic rings. The van der Waals surface area contributed by atoms with E-state index in [1.165, 1.54) is 45.1 Å². The Labute approximate surface area is 217 Å². The fourth-order valence-electron chi connectivity index (χ4n) is 5.75. The number of pyridine rings is 1. The van der Waals surface area contributed by atoms with Gasteiger partial charge in [0.2, 0.25) is 0 Å². The van der Waals surface area contributed by atoms with Gasteiger partial charge in [-0.05, 0) is 57.1 Å². The van der Waals surface area contributed by atoms with Crippen LogP contribution in [0.2, 0.25) is 0 Å². The monoisotopic (exact) mass is 501 g/mol. The van der Waals surface area contributed by atoms with Gasteiger partial charge in [0.05, 0.1) is 31.8 Å². The first-order valence-corrected chi connectivity index (χ1v) is 13.8. The standard InChI is InChI=1S/C27H35N9O/c1-2-10-34(9-1)26-15-28-14-23(31-26)24-17-36(33-32-24)27(18-37-19-27)21-7-8-25(30-13-21)35-11-3-4-22(16-35)29-12-20-5-6-20/h7-8,13-15,17,20,22,29H,1-6,9-12,16,18-19H2/t22-/m1/s1. The van der Waals surface area contributed by atoms with Gasteiger partial charge in [-0.15, -0.1) is 5.10 Å². The third-order valence-corrected chi connectivity index (χ3v) is 8.35. The molecule has 10 nitrogen and oxygen atoms in total. The molecule has 0 radical (unpaired) electrons. The van der Waals surface area contributed by atoms with E-state index >= 15 is 0 Å². The largest absolute Gasteiger partial charge is 0.375 e. The molecule has 4 fully saturated rings. The molecule has 1 saturated carbocycles. The van der Waals surface area contributed by atoms with Gasteiger partial charge < -0.3 is 19.9 Å². The molecule has 10 heteroatoms. The Morgan fingerprint density at radius 2 is 1.78 bits per heavy atom. The summed E-state index contributed by atoms with van der Waals surface area (Å²) in [6.07, 6.45) is 15.2. The molecule has 3 aromatic heterocycles. The summed E-state index contributed by atoms with van der Waals surface area (Å²) in [6.45, 7) is 6.41. The molecular formula is C27H35N9O. The second-order valence-corrected chi connectivity index (χ2v) is 11.1. The zero-order chi connectivity index (χ0) is 24.7. The van der Waals surface area contributed by atoms with E-state index < -0.39 is 5.54 Å². The molecule has 37 heavy (non-hydrogen) atoms. The Balaban J connectivity index is 1.08. The van der Waals surface area contributed by atoms with Crippen molar-refractivity contribution in [1.29, 1.82) is 0 Å². The summed E-state index contributed by atoms with van der Waals surface area (Å²) in [4.78, 5) is 18.8. The molecule has 0 unspecified atom stereocenters. The topological polar surface area (TPSA) is 97.1 Å². The average Bonchev–Trinajstić information content (AvgIpc) is 3.36. The molecule has 1 atom stereocenters. The summed E-state index contributed by atoms with van der Waals surface area (Å²) in [6, 6.07) is 4.89. The van der Waals surface area contributed by atoms with Crippen molar-refractivity contribution < 1.29 is 4.74 Å². The van der Waals surface area contributed by atoms with Crippen LogP contribution in [0.1, 0.15) is 44.1 Å². The van der Waals surface area contributed by atoms with Crippen molar-refractivity contribution in [1.82, 2.24) is 35.3 Å². The minimum absolute atomic E-state index is 0.396. The minimum atomic E-state index is -0.396. The van der Waals surface area contributed by atoms with Crippen molar-refractivity contribution in [3.05, 3.63) is 42.5 Å². The van der Waals surface area contributed by atoms with Crippen LogP contribution in [0.3, 0.4) is 0 Å². The fraction of sp³-hybridized carbons (Fsp3) is 0.593. The van der Waals surface area contributed by atoms with Crippen molar-refractivity contribution in [2.24, 2.45) is 5.92 Å². The summed E-state index contributed by atoms with van der Waals surface area (Å²) in [5.74, 6) is 2.87. The van der Waals surface area contributed by atoms with Crippen LogP contribution in [-0.2, 0) is 10.3 Å².